The number of hydrogen-bond acceptors (Lipinski definition) is 6. The molecule has 1 saturated heterocycles. The third-order valence-corrected chi connectivity index (χ3v) is 5.53. The number of H-pyrrole nitrogens is 1. The lowest BCUT2D eigenvalue weighted by Crippen LogP contribution is -2.28. The first kappa shape index (κ1) is 16.8. The van der Waals surface area contributed by atoms with Gasteiger partial charge in [-0.3, -0.25) is 9.59 Å². The Kier molecular flexibility index (Phi) is 4.01. The standard InChI is InChI=1S/C19H16N4O4S/c24-17-6-11(8-23(17)12-3-4-15-16(7-12)27-10-26-15)18(25)22-19-21-14(9-28-19)13-2-1-5-20-13/h1-5,7,9,11,20H,6,8,10H2,(H,21,22,25)/t11-/m0/s1. The summed E-state index contributed by atoms with van der Waals surface area (Å²) in [6, 6.07) is 9.15. The predicted octanol–water partition coefficient (Wildman–Crippen LogP) is 2.86. The molecule has 0 spiro atoms. The summed E-state index contributed by atoms with van der Waals surface area (Å²) >= 11 is 1.35. The van der Waals surface area contributed by atoms with Gasteiger partial charge in [-0.25, -0.2) is 4.98 Å². The van der Waals surface area contributed by atoms with Crippen molar-refractivity contribution in [3.8, 4) is 22.9 Å². The molecule has 1 atom stereocenters. The van der Waals surface area contributed by atoms with Gasteiger partial charge in [0.2, 0.25) is 18.6 Å². The van der Waals surface area contributed by atoms with E-state index in [9.17, 15) is 9.59 Å². The lowest BCUT2D eigenvalue weighted by Gasteiger charge is -2.17. The van der Waals surface area contributed by atoms with Crippen LogP contribution < -0.4 is 19.7 Å². The van der Waals surface area contributed by atoms with Crippen LogP contribution >= 0.6 is 11.3 Å². The minimum atomic E-state index is -0.434. The highest BCUT2D eigenvalue weighted by atomic mass is 32.1. The SMILES string of the molecule is O=C(Nc1nc(-c2ccc[nH]2)cs1)[C@H]1CC(=O)N(c2ccc3c(c2)OCO3)C1. The Balaban J connectivity index is 1.27. The molecule has 1 aromatic carbocycles. The molecule has 0 bridgehead atoms. The Morgan fingerprint density at radius 3 is 3.04 bits per heavy atom. The van der Waals surface area contributed by atoms with Crippen LogP contribution in [0.1, 0.15) is 6.42 Å². The number of rotatable bonds is 4. The zero-order valence-corrected chi connectivity index (χ0v) is 15.5. The van der Waals surface area contributed by atoms with Crippen molar-refractivity contribution in [3.63, 3.8) is 0 Å². The average molecular weight is 396 g/mol. The number of nitrogens with zero attached hydrogens (tertiary/aromatic N) is 2. The van der Waals surface area contributed by atoms with E-state index in [0.29, 0.717) is 28.9 Å². The molecule has 0 saturated carbocycles. The third-order valence-electron chi connectivity index (χ3n) is 4.77. The monoisotopic (exact) mass is 396 g/mol. The number of nitrogens with one attached hydrogen (secondary N) is 2. The molecule has 0 unspecified atom stereocenters. The van der Waals surface area contributed by atoms with Crippen molar-refractivity contribution in [3.05, 3.63) is 41.9 Å². The fraction of sp³-hybridized carbons (Fsp3) is 0.211. The lowest BCUT2D eigenvalue weighted by molar-refractivity contribution is -0.122. The maximum Gasteiger partial charge on any atom is 0.231 e. The summed E-state index contributed by atoms with van der Waals surface area (Å²) in [5, 5.41) is 5.22. The molecular weight excluding hydrogens is 380 g/mol. The number of aromatic nitrogens is 2. The molecule has 0 radical (unpaired) electrons. The number of ether oxygens (including phenoxy) is 2. The van der Waals surface area contributed by atoms with Crippen LogP contribution in [0.25, 0.3) is 11.4 Å². The van der Waals surface area contributed by atoms with E-state index in [0.717, 1.165) is 11.4 Å². The van der Waals surface area contributed by atoms with E-state index < -0.39 is 5.92 Å². The molecule has 0 aliphatic carbocycles. The van der Waals surface area contributed by atoms with Crippen molar-refractivity contribution >= 4 is 34.0 Å². The minimum Gasteiger partial charge on any atom is -0.454 e. The number of benzene rings is 1. The second-order valence-corrected chi connectivity index (χ2v) is 7.41. The number of carbonyl (C=O) groups is 2. The van der Waals surface area contributed by atoms with Gasteiger partial charge >= 0.3 is 0 Å². The van der Waals surface area contributed by atoms with E-state index in [1.54, 1.807) is 23.1 Å². The fourth-order valence-corrected chi connectivity index (χ4v) is 4.05. The van der Waals surface area contributed by atoms with Gasteiger partial charge in [0, 0.05) is 36.3 Å². The molecule has 2 aromatic heterocycles. The zero-order chi connectivity index (χ0) is 19.1. The zero-order valence-electron chi connectivity index (χ0n) is 14.7. The lowest BCUT2D eigenvalue weighted by atomic mass is 10.1. The van der Waals surface area contributed by atoms with Crippen LogP contribution in [0.4, 0.5) is 10.8 Å². The quantitative estimate of drug-likeness (QED) is 0.707. The van der Waals surface area contributed by atoms with Gasteiger partial charge in [-0.15, -0.1) is 11.3 Å². The molecule has 5 rings (SSSR count). The minimum absolute atomic E-state index is 0.0924. The van der Waals surface area contributed by atoms with Crippen molar-refractivity contribution in [1.29, 1.82) is 0 Å². The average Bonchev–Trinajstić information content (AvgIpc) is 3.47. The van der Waals surface area contributed by atoms with Gasteiger partial charge in [0.25, 0.3) is 0 Å². The highest BCUT2D eigenvalue weighted by Crippen LogP contribution is 2.37. The van der Waals surface area contributed by atoms with Gasteiger partial charge in [-0.1, -0.05) is 0 Å². The Bertz CT molecular complexity index is 1050. The van der Waals surface area contributed by atoms with Gasteiger partial charge in [0.15, 0.2) is 16.6 Å². The van der Waals surface area contributed by atoms with E-state index in [1.165, 1.54) is 11.3 Å². The number of amides is 2. The van der Waals surface area contributed by atoms with E-state index in [4.69, 9.17) is 9.47 Å². The Hall–Kier alpha value is -3.33. The predicted molar refractivity (Wildman–Crippen MR) is 104 cm³/mol. The summed E-state index contributed by atoms with van der Waals surface area (Å²) in [7, 11) is 0. The molecular formula is C19H16N4O4S. The first-order chi connectivity index (χ1) is 13.7. The molecule has 9 heteroatoms. The number of aromatic amines is 1. The van der Waals surface area contributed by atoms with Gasteiger partial charge in [-0.2, -0.15) is 0 Å². The topological polar surface area (TPSA) is 96.5 Å². The molecule has 2 N–H and O–H groups in total. The Labute approximate surface area is 164 Å². The highest BCUT2D eigenvalue weighted by molar-refractivity contribution is 7.14. The number of thiazole rings is 1. The van der Waals surface area contributed by atoms with Gasteiger partial charge in [0.1, 0.15) is 0 Å². The maximum absolute atomic E-state index is 12.6. The van der Waals surface area contributed by atoms with Crippen LogP contribution in [0.3, 0.4) is 0 Å². The molecule has 1 fully saturated rings. The molecule has 3 aromatic rings. The smallest absolute Gasteiger partial charge is 0.231 e. The molecule has 2 aliphatic heterocycles. The summed E-state index contributed by atoms with van der Waals surface area (Å²) in [5.41, 5.74) is 2.37. The normalized spacial score (nSPS) is 17.9. The van der Waals surface area contributed by atoms with Gasteiger partial charge < -0.3 is 24.7 Å². The van der Waals surface area contributed by atoms with E-state index >= 15 is 0 Å². The number of fused-ring (bicyclic) bond motifs is 1. The summed E-state index contributed by atoms with van der Waals surface area (Å²) in [6.07, 6.45) is 1.98. The summed E-state index contributed by atoms with van der Waals surface area (Å²) in [6.45, 7) is 0.495. The molecule has 4 heterocycles. The number of anilines is 2. The van der Waals surface area contributed by atoms with Crippen molar-refractivity contribution < 1.29 is 19.1 Å². The van der Waals surface area contributed by atoms with Crippen LogP contribution in [-0.4, -0.2) is 35.1 Å². The number of hydrogen-bond donors (Lipinski definition) is 2. The molecule has 2 amide bonds. The number of carbonyl (C=O) groups excluding carboxylic acids is 2. The van der Waals surface area contributed by atoms with Crippen molar-refractivity contribution in [1.82, 2.24) is 9.97 Å². The molecule has 142 valence electrons. The van der Waals surface area contributed by atoms with Crippen molar-refractivity contribution in [2.75, 3.05) is 23.6 Å². The second-order valence-electron chi connectivity index (χ2n) is 6.55. The fourth-order valence-electron chi connectivity index (χ4n) is 3.34. The van der Waals surface area contributed by atoms with Crippen LogP contribution in [0, 0.1) is 5.92 Å². The van der Waals surface area contributed by atoms with E-state index in [-0.39, 0.29) is 25.0 Å². The molecule has 2 aliphatic rings. The molecule has 8 nitrogen and oxygen atoms in total. The Morgan fingerprint density at radius 2 is 2.18 bits per heavy atom. The van der Waals surface area contributed by atoms with Crippen LogP contribution in [0.2, 0.25) is 0 Å². The van der Waals surface area contributed by atoms with Crippen molar-refractivity contribution in [2.24, 2.45) is 5.92 Å². The second kappa shape index (κ2) is 6.68. The Morgan fingerprint density at radius 1 is 1.29 bits per heavy atom. The van der Waals surface area contributed by atoms with Crippen molar-refractivity contribution in [2.45, 2.75) is 6.42 Å². The van der Waals surface area contributed by atoms with Gasteiger partial charge in [0.05, 0.1) is 17.3 Å². The largest absolute Gasteiger partial charge is 0.454 e. The van der Waals surface area contributed by atoms with Crippen LogP contribution in [-0.2, 0) is 9.59 Å². The first-order valence-corrected chi connectivity index (χ1v) is 9.65. The third kappa shape index (κ3) is 2.99. The van der Waals surface area contributed by atoms with Crippen LogP contribution in [0.5, 0.6) is 11.5 Å². The first-order valence-electron chi connectivity index (χ1n) is 8.77. The highest BCUT2D eigenvalue weighted by Gasteiger charge is 2.36. The summed E-state index contributed by atoms with van der Waals surface area (Å²) < 4.78 is 10.7. The van der Waals surface area contributed by atoms with E-state index in [2.05, 4.69) is 15.3 Å². The van der Waals surface area contributed by atoms with E-state index in [1.807, 2.05) is 23.7 Å². The molecule has 28 heavy (non-hydrogen) atoms. The van der Waals surface area contributed by atoms with Crippen LogP contribution in [0.15, 0.2) is 41.9 Å². The van der Waals surface area contributed by atoms with Gasteiger partial charge in [-0.05, 0) is 24.3 Å². The summed E-state index contributed by atoms with van der Waals surface area (Å²) in [4.78, 5) is 34.2. The summed E-state index contributed by atoms with van der Waals surface area (Å²) in [5.74, 6) is 0.536. The maximum atomic E-state index is 12.6.